The quantitative estimate of drug-likeness (QED) is 0.940. The maximum atomic E-state index is 13.1. The normalized spacial score (nSPS) is 10.7. The molecule has 0 atom stereocenters. The Morgan fingerprint density at radius 1 is 1.53 bits per heavy atom. The summed E-state index contributed by atoms with van der Waals surface area (Å²) in [5, 5.41) is 13.1. The zero-order valence-electron chi connectivity index (χ0n) is 10.4. The molecule has 0 amide bonds. The summed E-state index contributed by atoms with van der Waals surface area (Å²) in [6.45, 7) is 3.63. The molecule has 19 heavy (non-hydrogen) atoms. The number of halogens is 2. The van der Waals surface area contributed by atoms with Gasteiger partial charge in [-0.2, -0.15) is 5.10 Å². The van der Waals surface area contributed by atoms with Crippen molar-refractivity contribution in [2.45, 2.75) is 20.3 Å². The summed E-state index contributed by atoms with van der Waals surface area (Å²) in [6, 6.07) is 4.15. The second kappa shape index (κ2) is 5.01. The monoisotopic (exact) mass is 282 g/mol. The Morgan fingerprint density at radius 2 is 2.21 bits per heavy atom. The molecule has 0 saturated carbocycles. The number of aromatic carboxylic acids is 1. The minimum absolute atomic E-state index is 0.0143. The van der Waals surface area contributed by atoms with Crippen molar-refractivity contribution in [3.05, 3.63) is 46.0 Å². The van der Waals surface area contributed by atoms with E-state index < -0.39 is 11.8 Å². The number of rotatable bonds is 3. The Labute approximate surface area is 114 Å². The molecule has 0 aliphatic rings. The van der Waals surface area contributed by atoms with E-state index in [9.17, 15) is 9.18 Å². The van der Waals surface area contributed by atoms with Gasteiger partial charge >= 0.3 is 5.97 Å². The largest absolute Gasteiger partial charge is 0.476 e. The highest BCUT2D eigenvalue weighted by molar-refractivity contribution is 6.30. The van der Waals surface area contributed by atoms with Crippen LogP contribution < -0.4 is 0 Å². The highest BCUT2D eigenvalue weighted by Crippen LogP contribution is 2.22. The topological polar surface area (TPSA) is 55.1 Å². The highest BCUT2D eigenvalue weighted by Gasteiger charge is 2.19. The lowest BCUT2D eigenvalue weighted by atomic mass is 10.1. The number of nitrogens with zero attached hydrogens (tertiary/aromatic N) is 2. The molecule has 0 unspecified atom stereocenters. The lowest BCUT2D eigenvalue weighted by Gasteiger charge is -2.05. The molecule has 4 nitrogen and oxygen atoms in total. The first-order valence-electron chi connectivity index (χ1n) is 5.73. The zero-order chi connectivity index (χ0) is 14.2. The average molecular weight is 283 g/mol. The van der Waals surface area contributed by atoms with Gasteiger partial charge in [-0.25, -0.2) is 13.9 Å². The van der Waals surface area contributed by atoms with Crippen molar-refractivity contribution in [3.63, 3.8) is 0 Å². The van der Waals surface area contributed by atoms with Gasteiger partial charge in [-0.05, 0) is 31.5 Å². The minimum atomic E-state index is -1.08. The average Bonchev–Trinajstić information content (AvgIpc) is 2.70. The van der Waals surface area contributed by atoms with E-state index in [4.69, 9.17) is 16.7 Å². The second-order valence-corrected chi connectivity index (χ2v) is 4.49. The summed E-state index contributed by atoms with van der Waals surface area (Å²) in [5.74, 6) is -1.60. The molecular formula is C13H12ClFN2O2. The third-order valence-electron chi connectivity index (χ3n) is 2.94. The first-order valence-corrected chi connectivity index (χ1v) is 6.10. The molecule has 100 valence electrons. The fourth-order valence-electron chi connectivity index (χ4n) is 2.00. The number of carboxylic acids is 1. The van der Waals surface area contributed by atoms with Gasteiger partial charge in [-0.3, -0.25) is 0 Å². The van der Waals surface area contributed by atoms with Crippen LogP contribution in [0.4, 0.5) is 4.39 Å². The van der Waals surface area contributed by atoms with Gasteiger partial charge in [0.15, 0.2) is 5.69 Å². The predicted molar refractivity (Wildman–Crippen MR) is 69.6 cm³/mol. The summed E-state index contributed by atoms with van der Waals surface area (Å²) < 4.78 is 14.6. The van der Waals surface area contributed by atoms with Crippen LogP contribution in [-0.2, 0) is 6.42 Å². The van der Waals surface area contributed by atoms with E-state index >= 15 is 0 Å². The third kappa shape index (κ3) is 2.33. The van der Waals surface area contributed by atoms with Crippen LogP contribution in [0.5, 0.6) is 0 Å². The van der Waals surface area contributed by atoms with E-state index in [2.05, 4.69) is 5.10 Å². The molecule has 0 fully saturated rings. The van der Waals surface area contributed by atoms with E-state index in [1.54, 1.807) is 6.92 Å². The van der Waals surface area contributed by atoms with Gasteiger partial charge in [0.25, 0.3) is 0 Å². The maximum Gasteiger partial charge on any atom is 0.356 e. The Bertz CT molecular complexity index is 652. The molecular weight excluding hydrogens is 271 g/mol. The standard InChI is InChI=1S/C13H12ClFN2O2/c1-3-9-7(2)17(16-12(9)13(18)19)8-4-5-11(15)10(14)6-8/h4-6H,3H2,1-2H3,(H,18,19). The van der Waals surface area contributed by atoms with Crippen LogP contribution in [0.25, 0.3) is 5.69 Å². The molecule has 1 N–H and O–H groups in total. The first-order chi connectivity index (χ1) is 8.95. The Hall–Kier alpha value is -1.88. The van der Waals surface area contributed by atoms with Crippen molar-refractivity contribution in [1.82, 2.24) is 9.78 Å². The minimum Gasteiger partial charge on any atom is -0.476 e. The van der Waals surface area contributed by atoms with E-state index in [0.717, 1.165) is 0 Å². The van der Waals surface area contributed by atoms with Crippen molar-refractivity contribution < 1.29 is 14.3 Å². The Morgan fingerprint density at radius 3 is 2.68 bits per heavy atom. The van der Waals surface area contributed by atoms with Crippen LogP contribution in [0, 0.1) is 12.7 Å². The molecule has 1 heterocycles. The van der Waals surface area contributed by atoms with Crippen molar-refractivity contribution in [2.75, 3.05) is 0 Å². The maximum absolute atomic E-state index is 13.1. The van der Waals surface area contributed by atoms with Crippen LogP contribution in [-0.4, -0.2) is 20.9 Å². The van der Waals surface area contributed by atoms with Gasteiger partial charge in [-0.1, -0.05) is 18.5 Å². The van der Waals surface area contributed by atoms with E-state index in [1.807, 2.05) is 6.92 Å². The van der Waals surface area contributed by atoms with Crippen molar-refractivity contribution in [3.8, 4) is 5.69 Å². The van der Waals surface area contributed by atoms with Crippen LogP contribution in [0.2, 0.25) is 5.02 Å². The van der Waals surface area contributed by atoms with Gasteiger partial charge in [0, 0.05) is 11.3 Å². The van der Waals surface area contributed by atoms with Gasteiger partial charge in [0.1, 0.15) is 5.82 Å². The lowest BCUT2D eigenvalue weighted by molar-refractivity contribution is 0.0689. The first kappa shape index (κ1) is 13.5. The predicted octanol–water partition coefficient (Wildman–Crippen LogP) is 3.23. The summed E-state index contributed by atoms with van der Waals surface area (Å²) in [6.07, 6.45) is 0.558. The number of aromatic nitrogens is 2. The molecule has 1 aromatic carbocycles. The van der Waals surface area contributed by atoms with Crippen LogP contribution in [0.15, 0.2) is 18.2 Å². The Kier molecular flexibility index (Phi) is 3.57. The van der Waals surface area contributed by atoms with Gasteiger partial charge in [0.05, 0.1) is 10.7 Å². The molecule has 6 heteroatoms. The Balaban J connectivity index is 2.62. The number of hydrogen-bond donors (Lipinski definition) is 1. The third-order valence-corrected chi connectivity index (χ3v) is 3.23. The smallest absolute Gasteiger partial charge is 0.356 e. The molecule has 0 radical (unpaired) electrons. The number of benzene rings is 1. The van der Waals surface area contributed by atoms with Crippen LogP contribution in [0.1, 0.15) is 28.7 Å². The van der Waals surface area contributed by atoms with Crippen LogP contribution >= 0.6 is 11.6 Å². The lowest BCUT2D eigenvalue weighted by Crippen LogP contribution is -2.02. The van der Waals surface area contributed by atoms with E-state index in [1.165, 1.54) is 22.9 Å². The number of carboxylic acid groups (broad SMARTS) is 1. The SMILES string of the molecule is CCc1c(C(=O)O)nn(-c2ccc(F)c(Cl)c2)c1C. The molecule has 0 aliphatic carbocycles. The van der Waals surface area contributed by atoms with E-state index in [-0.39, 0.29) is 10.7 Å². The van der Waals surface area contributed by atoms with Gasteiger partial charge < -0.3 is 5.11 Å². The van der Waals surface area contributed by atoms with Crippen molar-refractivity contribution in [1.29, 1.82) is 0 Å². The second-order valence-electron chi connectivity index (χ2n) is 4.08. The van der Waals surface area contributed by atoms with Crippen molar-refractivity contribution >= 4 is 17.6 Å². The molecule has 0 saturated heterocycles. The molecule has 1 aromatic heterocycles. The number of carbonyl (C=O) groups is 1. The fourth-order valence-corrected chi connectivity index (χ4v) is 2.17. The number of hydrogen-bond acceptors (Lipinski definition) is 2. The molecule has 2 aromatic rings. The van der Waals surface area contributed by atoms with Crippen molar-refractivity contribution in [2.24, 2.45) is 0 Å². The van der Waals surface area contributed by atoms with Crippen LogP contribution in [0.3, 0.4) is 0 Å². The van der Waals surface area contributed by atoms with Gasteiger partial charge in [0.2, 0.25) is 0 Å². The summed E-state index contributed by atoms with van der Waals surface area (Å²) in [7, 11) is 0. The zero-order valence-corrected chi connectivity index (χ0v) is 11.2. The molecule has 0 spiro atoms. The summed E-state index contributed by atoms with van der Waals surface area (Å²) >= 11 is 5.73. The van der Waals surface area contributed by atoms with Gasteiger partial charge in [-0.15, -0.1) is 0 Å². The van der Waals surface area contributed by atoms with E-state index in [0.29, 0.717) is 23.4 Å². The highest BCUT2D eigenvalue weighted by atomic mass is 35.5. The molecule has 0 aliphatic heterocycles. The summed E-state index contributed by atoms with van der Waals surface area (Å²) in [4.78, 5) is 11.1. The fraction of sp³-hybridized carbons (Fsp3) is 0.231. The molecule has 0 bridgehead atoms. The summed E-state index contributed by atoms with van der Waals surface area (Å²) in [5.41, 5.74) is 1.92. The molecule has 2 rings (SSSR count).